The number of anilines is 1. The first kappa shape index (κ1) is 18.3. The first-order chi connectivity index (χ1) is 12.5. The minimum atomic E-state index is -0.979. The van der Waals surface area contributed by atoms with Gasteiger partial charge in [0.2, 0.25) is 5.91 Å². The quantitative estimate of drug-likeness (QED) is 0.871. The SMILES string of the molecule is COc1ccc([C@H]2CCCN2[C@H](C)C(=O)Nc2ccc(F)c(F)c2)cc1. The summed E-state index contributed by atoms with van der Waals surface area (Å²) in [6.07, 6.45) is 1.97. The number of nitrogens with zero attached hydrogens (tertiary/aromatic N) is 1. The highest BCUT2D eigenvalue weighted by molar-refractivity contribution is 5.94. The van der Waals surface area contributed by atoms with Gasteiger partial charge < -0.3 is 10.1 Å². The van der Waals surface area contributed by atoms with Gasteiger partial charge in [-0.05, 0) is 56.1 Å². The van der Waals surface area contributed by atoms with E-state index >= 15 is 0 Å². The number of hydrogen-bond donors (Lipinski definition) is 1. The van der Waals surface area contributed by atoms with Crippen LogP contribution < -0.4 is 10.1 Å². The Morgan fingerprint density at radius 2 is 1.92 bits per heavy atom. The fraction of sp³-hybridized carbons (Fsp3) is 0.350. The minimum absolute atomic E-state index is 0.145. The number of nitrogens with one attached hydrogen (secondary N) is 1. The Morgan fingerprint density at radius 3 is 2.58 bits per heavy atom. The number of ether oxygens (including phenoxy) is 1. The van der Waals surface area contributed by atoms with Crippen LogP contribution in [0.4, 0.5) is 14.5 Å². The molecule has 0 spiro atoms. The van der Waals surface area contributed by atoms with Gasteiger partial charge in [0.1, 0.15) is 5.75 Å². The van der Waals surface area contributed by atoms with Crippen molar-refractivity contribution in [2.75, 3.05) is 19.0 Å². The molecule has 6 heteroatoms. The molecule has 2 aromatic carbocycles. The number of likely N-dealkylation sites (tertiary alicyclic amines) is 1. The molecule has 0 unspecified atom stereocenters. The van der Waals surface area contributed by atoms with Crippen molar-refractivity contribution in [2.24, 2.45) is 0 Å². The Bertz CT molecular complexity index is 780. The average molecular weight is 360 g/mol. The number of rotatable bonds is 5. The third-order valence-corrected chi connectivity index (χ3v) is 4.86. The number of hydrogen-bond acceptors (Lipinski definition) is 3. The number of halogens is 2. The molecule has 1 aliphatic heterocycles. The Hall–Kier alpha value is -2.47. The second-order valence-electron chi connectivity index (χ2n) is 6.46. The van der Waals surface area contributed by atoms with Crippen molar-refractivity contribution in [3.8, 4) is 5.75 Å². The molecule has 0 aliphatic carbocycles. The Balaban J connectivity index is 1.71. The standard InChI is InChI=1S/C20H22F2N2O2/c1-13(20(25)23-15-7-10-17(21)18(22)12-15)24-11-3-4-19(24)14-5-8-16(26-2)9-6-14/h5-10,12-13,19H,3-4,11H2,1-2H3,(H,23,25)/t13-,19-/m1/s1. The van der Waals surface area contributed by atoms with Crippen LogP contribution in [0.5, 0.6) is 5.75 Å². The summed E-state index contributed by atoms with van der Waals surface area (Å²) in [6, 6.07) is 11.0. The van der Waals surface area contributed by atoms with Gasteiger partial charge in [-0.15, -0.1) is 0 Å². The van der Waals surface area contributed by atoms with E-state index in [1.807, 2.05) is 31.2 Å². The van der Waals surface area contributed by atoms with E-state index in [2.05, 4.69) is 10.2 Å². The number of carbonyl (C=O) groups excluding carboxylic acids is 1. The fourth-order valence-electron chi connectivity index (χ4n) is 3.41. The zero-order valence-corrected chi connectivity index (χ0v) is 14.8. The number of methoxy groups -OCH3 is 1. The largest absolute Gasteiger partial charge is 0.497 e. The molecule has 3 rings (SSSR count). The van der Waals surface area contributed by atoms with Gasteiger partial charge in [-0.3, -0.25) is 9.69 Å². The Morgan fingerprint density at radius 1 is 1.19 bits per heavy atom. The summed E-state index contributed by atoms with van der Waals surface area (Å²) < 4.78 is 31.6. The number of benzene rings is 2. The maximum absolute atomic E-state index is 13.3. The second kappa shape index (κ2) is 7.83. The number of amides is 1. The molecule has 1 fully saturated rings. The first-order valence-corrected chi connectivity index (χ1v) is 8.65. The van der Waals surface area contributed by atoms with Crippen molar-refractivity contribution in [1.29, 1.82) is 0 Å². The Labute approximate surface area is 151 Å². The first-order valence-electron chi connectivity index (χ1n) is 8.65. The summed E-state index contributed by atoms with van der Waals surface area (Å²) in [5.41, 5.74) is 1.39. The molecule has 138 valence electrons. The highest BCUT2D eigenvalue weighted by atomic mass is 19.2. The minimum Gasteiger partial charge on any atom is -0.497 e. The van der Waals surface area contributed by atoms with E-state index in [1.54, 1.807) is 7.11 Å². The third-order valence-electron chi connectivity index (χ3n) is 4.86. The second-order valence-corrected chi connectivity index (χ2v) is 6.46. The molecule has 4 nitrogen and oxygen atoms in total. The Kier molecular flexibility index (Phi) is 5.52. The number of carbonyl (C=O) groups is 1. The highest BCUT2D eigenvalue weighted by Crippen LogP contribution is 2.34. The normalized spacial score (nSPS) is 18.5. The predicted molar refractivity (Wildman–Crippen MR) is 96.1 cm³/mol. The van der Waals surface area contributed by atoms with Crippen molar-refractivity contribution in [3.05, 3.63) is 59.7 Å². The molecule has 0 bridgehead atoms. The van der Waals surface area contributed by atoms with Crippen LogP contribution in [0.3, 0.4) is 0 Å². The van der Waals surface area contributed by atoms with Gasteiger partial charge >= 0.3 is 0 Å². The van der Waals surface area contributed by atoms with Gasteiger partial charge in [0.15, 0.2) is 11.6 Å². The van der Waals surface area contributed by atoms with Crippen LogP contribution >= 0.6 is 0 Å². The molecule has 0 radical (unpaired) electrons. The smallest absolute Gasteiger partial charge is 0.241 e. The molecule has 2 atom stereocenters. The summed E-state index contributed by atoms with van der Waals surface area (Å²) in [5, 5.41) is 2.67. The average Bonchev–Trinajstić information content (AvgIpc) is 3.14. The van der Waals surface area contributed by atoms with E-state index in [4.69, 9.17) is 4.74 Å². The van der Waals surface area contributed by atoms with Crippen LogP contribution in [0.2, 0.25) is 0 Å². The zero-order valence-electron chi connectivity index (χ0n) is 14.8. The van der Waals surface area contributed by atoms with Crippen LogP contribution in [0.25, 0.3) is 0 Å². The lowest BCUT2D eigenvalue weighted by Crippen LogP contribution is -2.41. The van der Waals surface area contributed by atoms with E-state index < -0.39 is 17.7 Å². The van der Waals surface area contributed by atoms with Crippen molar-refractivity contribution < 1.29 is 18.3 Å². The summed E-state index contributed by atoms with van der Waals surface area (Å²) >= 11 is 0. The van der Waals surface area contributed by atoms with E-state index in [0.717, 1.165) is 42.8 Å². The zero-order chi connectivity index (χ0) is 18.7. The van der Waals surface area contributed by atoms with Gasteiger partial charge in [-0.2, -0.15) is 0 Å². The van der Waals surface area contributed by atoms with Crippen LogP contribution in [0.1, 0.15) is 31.4 Å². The molecule has 1 N–H and O–H groups in total. The molecule has 1 aliphatic rings. The van der Waals surface area contributed by atoms with E-state index in [-0.39, 0.29) is 17.6 Å². The topological polar surface area (TPSA) is 41.6 Å². The van der Waals surface area contributed by atoms with Crippen molar-refractivity contribution in [3.63, 3.8) is 0 Å². The van der Waals surface area contributed by atoms with Crippen LogP contribution in [0, 0.1) is 11.6 Å². The molecule has 1 saturated heterocycles. The monoisotopic (exact) mass is 360 g/mol. The van der Waals surface area contributed by atoms with Gasteiger partial charge in [-0.25, -0.2) is 8.78 Å². The molecule has 0 aromatic heterocycles. The van der Waals surface area contributed by atoms with Crippen molar-refractivity contribution in [2.45, 2.75) is 31.8 Å². The maximum atomic E-state index is 13.3. The predicted octanol–water partition coefficient (Wildman–Crippen LogP) is 4.14. The molecular weight excluding hydrogens is 338 g/mol. The lowest BCUT2D eigenvalue weighted by molar-refractivity contribution is -0.121. The highest BCUT2D eigenvalue weighted by Gasteiger charge is 2.33. The molecule has 2 aromatic rings. The van der Waals surface area contributed by atoms with Gasteiger partial charge in [0, 0.05) is 17.8 Å². The van der Waals surface area contributed by atoms with Gasteiger partial charge in [0.25, 0.3) is 0 Å². The summed E-state index contributed by atoms with van der Waals surface area (Å²) in [5.74, 6) is -1.36. The molecule has 26 heavy (non-hydrogen) atoms. The van der Waals surface area contributed by atoms with Crippen LogP contribution in [-0.2, 0) is 4.79 Å². The maximum Gasteiger partial charge on any atom is 0.241 e. The van der Waals surface area contributed by atoms with Crippen LogP contribution in [0.15, 0.2) is 42.5 Å². The summed E-state index contributed by atoms with van der Waals surface area (Å²) in [6.45, 7) is 2.64. The lowest BCUT2D eigenvalue weighted by atomic mass is 10.0. The molecular formula is C20H22F2N2O2. The third kappa shape index (κ3) is 3.85. The van der Waals surface area contributed by atoms with E-state index in [1.165, 1.54) is 6.07 Å². The summed E-state index contributed by atoms with van der Waals surface area (Å²) in [7, 11) is 1.63. The lowest BCUT2D eigenvalue weighted by Gasteiger charge is -2.30. The van der Waals surface area contributed by atoms with Gasteiger partial charge in [0.05, 0.1) is 13.2 Å². The molecule has 0 saturated carbocycles. The van der Waals surface area contributed by atoms with Gasteiger partial charge in [-0.1, -0.05) is 12.1 Å². The van der Waals surface area contributed by atoms with Crippen LogP contribution in [-0.4, -0.2) is 30.5 Å². The summed E-state index contributed by atoms with van der Waals surface area (Å²) in [4.78, 5) is 14.7. The molecule has 1 amide bonds. The van der Waals surface area contributed by atoms with E-state index in [0.29, 0.717) is 0 Å². The molecule has 1 heterocycles. The van der Waals surface area contributed by atoms with Crippen molar-refractivity contribution in [1.82, 2.24) is 4.90 Å². The van der Waals surface area contributed by atoms with Crippen molar-refractivity contribution >= 4 is 11.6 Å². The fourth-order valence-corrected chi connectivity index (χ4v) is 3.41. The van der Waals surface area contributed by atoms with E-state index in [9.17, 15) is 13.6 Å².